The van der Waals surface area contributed by atoms with Crippen molar-refractivity contribution in [3.8, 4) is 0 Å². The first-order valence-electron chi connectivity index (χ1n) is 7.59. The predicted octanol–water partition coefficient (Wildman–Crippen LogP) is 5.03. The van der Waals surface area contributed by atoms with Crippen LogP contribution >= 0.6 is 0 Å². The Kier molecular flexibility index (Phi) is 4.03. The van der Waals surface area contributed by atoms with E-state index < -0.39 is 0 Å². The quantitative estimate of drug-likeness (QED) is 0.709. The van der Waals surface area contributed by atoms with E-state index in [1.165, 1.54) is 21.9 Å². The topological polar surface area (TPSA) is 26.0 Å². The molecule has 0 heterocycles. The monoisotopic (exact) mass is 275 g/mol. The summed E-state index contributed by atoms with van der Waals surface area (Å²) in [6, 6.07) is 25.6. The van der Waals surface area contributed by atoms with Gasteiger partial charge in [-0.1, -0.05) is 73.7 Å². The molecule has 106 valence electrons. The van der Waals surface area contributed by atoms with Crippen LogP contribution in [0, 0.1) is 0 Å². The molecule has 3 aromatic carbocycles. The van der Waals surface area contributed by atoms with E-state index in [0.29, 0.717) is 5.92 Å². The van der Waals surface area contributed by atoms with Gasteiger partial charge in [-0.05, 0) is 34.4 Å². The van der Waals surface area contributed by atoms with E-state index in [9.17, 15) is 0 Å². The first kappa shape index (κ1) is 13.8. The van der Waals surface area contributed by atoms with Crippen molar-refractivity contribution in [2.45, 2.75) is 25.3 Å². The van der Waals surface area contributed by atoms with E-state index in [4.69, 9.17) is 5.73 Å². The van der Waals surface area contributed by atoms with Gasteiger partial charge in [0.1, 0.15) is 0 Å². The fourth-order valence-corrected chi connectivity index (χ4v) is 3.04. The molecule has 1 nitrogen and oxygen atoms in total. The molecule has 3 aromatic rings. The van der Waals surface area contributed by atoms with Gasteiger partial charge in [-0.15, -0.1) is 0 Å². The Morgan fingerprint density at radius 2 is 1.43 bits per heavy atom. The van der Waals surface area contributed by atoms with Crippen LogP contribution in [0.15, 0.2) is 72.8 Å². The van der Waals surface area contributed by atoms with Crippen LogP contribution in [0.25, 0.3) is 10.8 Å². The van der Waals surface area contributed by atoms with Crippen molar-refractivity contribution in [3.05, 3.63) is 83.9 Å². The molecule has 0 saturated carbocycles. The lowest BCUT2D eigenvalue weighted by molar-refractivity contribution is 0.540. The maximum atomic E-state index is 6.57. The summed E-state index contributed by atoms with van der Waals surface area (Å²) < 4.78 is 0. The summed E-state index contributed by atoms with van der Waals surface area (Å²) in [5.41, 5.74) is 9.11. The average molecular weight is 275 g/mol. The van der Waals surface area contributed by atoms with E-state index in [1.807, 2.05) is 0 Å². The molecule has 0 bridgehead atoms. The smallest absolute Gasteiger partial charge is 0.0364 e. The third-order valence-electron chi connectivity index (χ3n) is 4.26. The summed E-state index contributed by atoms with van der Waals surface area (Å²) >= 11 is 0. The molecule has 0 fully saturated rings. The number of hydrogen-bond donors (Lipinski definition) is 1. The van der Waals surface area contributed by atoms with Crippen molar-refractivity contribution in [1.29, 1.82) is 0 Å². The zero-order chi connectivity index (χ0) is 14.7. The van der Waals surface area contributed by atoms with Crippen molar-refractivity contribution >= 4 is 10.8 Å². The Balaban J connectivity index is 1.96. The lowest BCUT2D eigenvalue weighted by atomic mass is 9.85. The second kappa shape index (κ2) is 6.11. The molecule has 21 heavy (non-hydrogen) atoms. The summed E-state index contributed by atoms with van der Waals surface area (Å²) in [4.78, 5) is 0. The van der Waals surface area contributed by atoms with Gasteiger partial charge in [0.25, 0.3) is 0 Å². The van der Waals surface area contributed by atoms with Gasteiger partial charge in [0.15, 0.2) is 0 Å². The van der Waals surface area contributed by atoms with Gasteiger partial charge in [-0.25, -0.2) is 0 Å². The predicted molar refractivity (Wildman–Crippen MR) is 90.4 cm³/mol. The highest BCUT2D eigenvalue weighted by molar-refractivity contribution is 5.83. The molecular formula is C20H21N. The van der Waals surface area contributed by atoms with Gasteiger partial charge in [0.2, 0.25) is 0 Å². The Morgan fingerprint density at radius 3 is 2.14 bits per heavy atom. The van der Waals surface area contributed by atoms with Crippen LogP contribution in [0.4, 0.5) is 0 Å². The Labute approximate surface area is 126 Å². The highest BCUT2D eigenvalue weighted by atomic mass is 14.7. The summed E-state index contributed by atoms with van der Waals surface area (Å²) in [5.74, 6) is 0.354. The van der Waals surface area contributed by atoms with Crippen molar-refractivity contribution in [1.82, 2.24) is 0 Å². The molecule has 0 saturated heterocycles. The van der Waals surface area contributed by atoms with Gasteiger partial charge < -0.3 is 5.73 Å². The van der Waals surface area contributed by atoms with Gasteiger partial charge in [0.05, 0.1) is 0 Å². The number of benzene rings is 3. The SMILES string of the molecule is CCC(c1ccccc1)C(N)c1ccc2ccccc2c1. The molecule has 2 atom stereocenters. The molecule has 0 amide bonds. The normalized spacial score (nSPS) is 14.0. The fourth-order valence-electron chi connectivity index (χ4n) is 3.04. The maximum Gasteiger partial charge on any atom is 0.0364 e. The fraction of sp³-hybridized carbons (Fsp3) is 0.200. The lowest BCUT2D eigenvalue weighted by Gasteiger charge is -2.24. The van der Waals surface area contributed by atoms with Gasteiger partial charge in [-0.3, -0.25) is 0 Å². The van der Waals surface area contributed by atoms with Crippen LogP contribution in [0.2, 0.25) is 0 Å². The van der Waals surface area contributed by atoms with Crippen LogP contribution in [0.1, 0.15) is 36.4 Å². The summed E-state index contributed by atoms with van der Waals surface area (Å²) in [6.07, 6.45) is 1.04. The number of rotatable bonds is 4. The number of fused-ring (bicyclic) bond motifs is 1. The minimum absolute atomic E-state index is 0.0296. The summed E-state index contributed by atoms with van der Waals surface area (Å²) in [5, 5.41) is 2.52. The minimum atomic E-state index is 0.0296. The molecular weight excluding hydrogens is 254 g/mol. The van der Waals surface area contributed by atoms with E-state index in [1.54, 1.807) is 0 Å². The van der Waals surface area contributed by atoms with Crippen molar-refractivity contribution < 1.29 is 0 Å². The third-order valence-corrected chi connectivity index (χ3v) is 4.26. The van der Waals surface area contributed by atoms with Gasteiger partial charge >= 0.3 is 0 Å². The third kappa shape index (κ3) is 2.84. The zero-order valence-corrected chi connectivity index (χ0v) is 12.4. The van der Waals surface area contributed by atoms with Crippen molar-refractivity contribution in [2.24, 2.45) is 5.73 Å². The number of nitrogens with two attached hydrogens (primary N) is 1. The molecule has 0 aromatic heterocycles. The minimum Gasteiger partial charge on any atom is -0.323 e. The van der Waals surface area contributed by atoms with Crippen molar-refractivity contribution in [3.63, 3.8) is 0 Å². The van der Waals surface area contributed by atoms with Crippen LogP contribution in [-0.2, 0) is 0 Å². The molecule has 2 N–H and O–H groups in total. The largest absolute Gasteiger partial charge is 0.323 e. The lowest BCUT2D eigenvalue weighted by Crippen LogP contribution is -2.19. The molecule has 0 aliphatic rings. The van der Waals surface area contributed by atoms with Crippen molar-refractivity contribution in [2.75, 3.05) is 0 Å². The molecule has 0 aliphatic carbocycles. The average Bonchev–Trinajstić information content (AvgIpc) is 2.56. The summed E-state index contributed by atoms with van der Waals surface area (Å²) in [6.45, 7) is 2.21. The highest BCUT2D eigenvalue weighted by Crippen LogP contribution is 2.32. The van der Waals surface area contributed by atoms with Crippen LogP contribution in [-0.4, -0.2) is 0 Å². The molecule has 1 heteroatoms. The molecule has 0 spiro atoms. The van der Waals surface area contributed by atoms with Gasteiger partial charge in [-0.2, -0.15) is 0 Å². The molecule has 0 aliphatic heterocycles. The van der Waals surface area contributed by atoms with E-state index in [2.05, 4.69) is 79.7 Å². The van der Waals surface area contributed by atoms with E-state index in [0.717, 1.165) is 6.42 Å². The molecule has 3 rings (SSSR count). The zero-order valence-electron chi connectivity index (χ0n) is 12.4. The first-order valence-corrected chi connectivity index (χ1v) is 7.59. The Bertz CT molecular complexity index is 718. The van der Waals surface area contributed by atoms with Crippen LogP contribution in [0.5, 0.6) is 0 Å². The molecule has 2 unspecified atom stereocenters. The number of hydrogen-bond acceptors (Lipinski definition) is 1. The second-order valence-electron chi connectivity index (χ2n) is 5.56. The Hall–Kier alpha value is -2.12. The van der Waals surface area contributed by atoms with E-state index >= 15 is 0 Å². The Morgan fingerprint density at radius 1 is 0.762 bits per heavy atom. The summed E-state index contributed by atoms with van der Waals surface area (Å²) in [7, 11) is 0. The highest BCUT2D eigenvalue weighted by Gasteiger charge is 2.19. The molecule has 0 radical (unpaired) electrons. The second-order valence-corrected chi connectivity index (χ2v) is 5.56. The van der Waals surface area contributed by atoms with Crippen LogP contribution in [0.3, 0.4) is 0 Å². The van der Waals surface area contributed by atoms with Crippen LogP contribution < -0.4 is 5.73 Å². The first-order chi connectivity index (χ1) is 10.3. The maximum absolute atomic E-state index is 6.57. The van der Waals surface area contributed by atoms with Gasteiger partial charge in [0, 0.05) is 12.0 Å². The van der Waals surface area contributed by atoms with E-state index in [-0.39, 0.29) is 6.04 Å². The standard InChI is InChI=1S/C20H21N/c1-2-19(16-9-4-3-5-10-16)20(21)18-13-12-15-8-6-7-11-17(15)14-18/h3-14,19-20H,2,21H2,1H3.